The van der Waals surface area contributed by atoms with Crippen LogP contribution in [0.2, 0.25) is 0 Å². The maximum absolute atomic E-state index is 12.2. The first kappa shape index (κ1) is 12.5. The van der Waals surface area contributed by atoms with Gasteiger partial charge in [-0.25, -0.2) is 0 Å². The van der Waals surface area contributed by atoms with Crippen LogP contribution in [0.5, 0.6) is 0 Å². The normalized spacial score (nSPS) is 46.8. The number of carbonyl (C=O) groups is 1. The maximum Gasteiger partial charge on any atom is 0.137 e. The molecule has 2 unspecified atom stereocenters. The molecule has 0 radical (unpaired) electrons. The molecule has 2 aliphatic carbocycles. The van der Waals surface area contributed by atoms with E-state index in [0.717, 1.165) is 12.8 Å². The molecule has 2 aliphatic rings. The van der Waals surface area contributed by atoms with Crippen molar-refractivity contribution in [2.75, 3.05) is 0 Å². The van der Waals surface area contributed by atoms with Gasteiger partial charge in [-0.05, 0) is 30.1 Å². The lowest BCUT2D eigenvalue weighted by molar-refractivity contribution is -0.124. The molecule has 0 aromatic carbocycles. The van der Waals surface area contributed by atoms with Gasteiger partial charge in [-0.2, -0.15) is 12.6 Å². The van der Waals surface area contributed by atoms with Crippen LogP contribution in [-0.2, 0) is 4.79 Å². The summed E-state index contributed by atoms with van der Waals surface area (Å²) in [6, 6.07) is 0. The monoisotopic (exact) mass is 240 g/mol. The number of fused-ring (bicyclic) bond motifs is 1. The van der Waals surface area contributed by atoms with Gasteiger partial charge in [0.15, 0.2) is 0 Å². The Morgan fingerprint density at radius 2 is 1.94 bits per heavy atom. The second-order valence-corrected chi connectivity index (χ2v) is 7.43. The van der Waals surface area contributed by atoms with Crippen molar-refractivity contribution in [3.05, 3.63) is 0 Å². The Morgan fingerprint density at radius 1 is 1.31 bits per heavy atom. The van der Waals surface area contributed by atoms with Gasteiger partial charge in [-0.15, -0.1) is 0 Å². The fourth-order valence-electron chi connectivity index (χ4n) is 4.41. The van der Waals surface area contributed by atoms with Crippen LogP contribution in [0.25, 0.3) is 0 Å². The SMILES string of the molecule is CCC1C(=O)CC2(S)CCCC(C)(C)[C@@]12C. The van der Waals surface area contributed by atoms with Crippen molar-refractivity contribution >= 4 is 18.4 Å². The Hall–Kier alpha value is 0.0200. The lowest BCUT2D eigenvalue weighted by atomic mass is 9.51. The molecule has 92 valence electrons. The Bertz CT molecular complexity index is 323. The number of rotatable bonds is 1. The Morgan fingerprint density at radius 3 is 2.50 bits per heavy atom. The zero-order valence-electron chi connectivity index (χ0n) is 11.0. The predicted octanol–water partition coefficient (Wildman–Crippen LogP) is 3.87. The zero-order valence-corrected chi connectivity index (χ0v) is 11.9. The average molecular weight is 240 g/mol. The molecular weight excluding hydrogens is 216 g/mol. The van der Waals surface area contributed by atoms with Crippen LogP contribution >= 0.6 is 12.6 Å². The third kappa shape index (κ3) is 1.28. The van der Waals surface area contributed by atoms with Crippen molar-refractivity contribution in [1.82, 2.24) is 0 Å². The summed E-state index contributed by atoms with van der Waals surface area (Å²) in [7, 11) is 0. The van der Waals surface area contributed by atoms with E-state index in [-0.39, 0.29) is 21.5 Å². The van der Waals surface area contributed by atoms with Crippen LogP contribution in [0.15, 0.2) is 0 Å². The van der Waals surface area contributed by atoms with E-state index < -0.39 is 0 Å². The first-order valence-electron chi connectivity index (χ1n) is 6.53. The van der Waals surface area contributed by atoms with Gasteiger partial charge in [0, 0.05) is 17.1 Å². The molecule has 16 heavy (non-hydrogen) atoms. The molecule has 2 saturated carbocycles. The van der Waals surface area contributed by atoms with Gasteiger partial charge in [-0.3, -0.25) is 4.79 Å². The highest BCUT2D eigenvalue weighted by molar-refractivity contribution is 7.82. The number of carbonyl (C=O) groups excluding carboxylic acids is 1. The highest BCUT2D eigenvalue weighted by atomic mass is 32.1. The van der Waals surface area contributed by atoms with E-state index >= 15 is 0 Å². The minimum absolute atomic E-state index is 0.0491. The first-order valence-corrected chi connectivity index (χ1v) is 6.98. The largest absolute Gasteiger partial charge is 0.299 e. The minimum atomic E-state index is -0.0491. The smallest absolute Gasteiger partial charge is 0.137 e. The second kappa shape index (κ2) is 3.51. The van der Waals surface area contributed by atoms with Crippen molar-refractivity contribution in [2.24, 2.45) is 16.7 Å². The summed E-state index contributed by atoms with van der Waals surface area (Å²) in [5.74, 6) is 0.676. The number of thiol groups is 1. The fourth-order valence-corrected chi connectivity index (χ4v) is 5.18. The Kier molecular flexibility index (Phi) is 2.73. The third-order valence-electron chi connectivity index (χ3n) is 5.73. The summed E-state index contributed by atoms with van der Waals surface area (Å²) < 4.78 is -0.0491. The molecule has 0 N–H and O–H groups in total. The number of hydrogen-bond donors (Lipinski definition) is 1. The van der Waals surface area contributed by atoms with Gasteiger partial charge >= 0.3 is 0 Å². The van der Waals surface area contributed by atoms with Crippen molar-refractivity contribution in [1.29, 1.82) is 0 Å². The topological polar surface area (TPSA) is 17.1 Å². The van der Waals surface area contributed by atoms with Gasteiger partial charge in [0.1, 0.15) is 5.78 Å². The summed E-state index contributed by atoms with van der Waals surface area (Å²) in [4.78, 5) is 12.2. The van der Waals surface area contributed by atoms with Gasteiger partial charge in [-0.1, -0.05) is 34.1 Å². The standard InChI is InChI=1S/C14H24OS/c1-5-10-11(15)9-14(16)8-6-7-12(2,3)13(10,14)4/h10,16H,5-9H2,1-4H3/t10?,13-,14?/m1/s1. The third-order valence-corrected chi connectivity index (χ3v) is 6.57. The summed E-state index contributed by atoms with van der Waals surface area (Å²) in [6.45, 7) is 9.13. The molecule has 3 atom stereocenters. The first-order chi connectivity index (χ1) is 7.28. The van der Waals surface area contributed by atoms with Crippen molar-refractivity contribution in [2.45, 2.75) is 64.5 Å². The van der Waals surface area contributed by atoms with E-state index in [1.54, 1.807) is 0 Å². The van der Waals surface area contributed by atoms with Crippen LogP contribution in [0.3, 0.4) is 0 Å². The van der Waals surface area contributed by atoms with E-state index in [4.69, 9.17) is 12.6 Å². The Labute approximate surface area is 105 Å². The zero-order chi connectivity index (χ0) is 12.2. The molecule has 0 aromatic rings. The average Bonchev–Trinajstić information content (AvgIpc) is 2.35. The van der Waals surface area contributed by atoms with E-state index in [0.29, 0.717) is 12.2 Å². The molecule has 1 nitrogen and oxygen atoms in total. The highest BCUT2D eigenvalue weighted by Crippen LogP contribution is 2.67. The lowest BCUT2D eigenvalue weighted by Crippen LogP contribution is -2.54. The molecule has 0 heterocycles. The van der Waals surface area contributed by atoms with Crippen LogP contribution in [0.1, 0.15) is 59.8 Å². The Balaban J connectivity index is 2.52. The van der Waals surface area contributed by atoms with Gasteiger partial charge < -0.3 is 0 Å². The fraction of sp³-hybridized carbons (Fsp3) is 0.929. The van der Waals surface area contributed by atoms with Crippen LogP contribution in [-0.4, -0.2) is 10.5 Å². The van der Waals surface area contributed by atoms with Crippen LogP contribution in [0, 0.1) is 16.7 Å². The summed E-state index contributed by atoms with van der Waals surface area (Å²) in [6.07, 6.45) is 5.22. The van der Waals surface area contributed by atoms with Gasteiger partial charge in [0.05, 0.1) is 0 Å². The molecule has 2 heteroatoms. The quantitative estimate of drug-likeness (QED) is 0.689. The summed E-state index contributed by atoms with van der Waals surface area (Å²) >= 11 is 4.96. The highest BCUT2D eigenvalue weighted by Gasteiger charge is 2.65. The molecule has 0 saturated heterocycles. The van der Waals surface area contributed by atoms with Crippen molar-refractivity contribution in [3.8, 4) is 0 Å². The van der Waals surface area contributed by atoms with Crippen molar-refractivity contribution < 1.29 is 4.79 Å². The van der Waals surface area contributed by atoms with Crippen LogP contribution < -0.4 is 0 Å². The van der Waals surface area contributed by atoms with E-state index in [1.807, 2.05) is 0 Å². The van der Waals surface area contributed by atoms with E-state index in [1.165, 1.54) is 12.8 Å². The second-order valence-electron chi connectivity index (χ2n) is 6.58. The predicted molar refractivity (Wildman–Crippen MR) is 70.9 cm³/mol. The molecule has 0 aliphatic heterocycles. The number of Topliss-reactive ketones (excluding diaryl/α,β-unsaturated/α-hetero) is 1. The van der Waals surface area contributed by atoms with E-state index in [2.05, 4.69) is 27.7 Å². The maximum atomic E-state index is 12.2. The molecule has 0 bridgehead atoms. The molecule has 2 rings (SSSR count). The number of ketones is 1. The molecular formula is C14H24OS. The van der Waals surface area contributed by atoms with Crippen LogP contribution in [0.4, 0.5) is 0 Å². The summed E-state index contributed by atoms with van der Waals surface area (Å²) in [5.41, 5.74) is 0.313. The molecule has 0 aromatic heterocycles. The van der Waals surface area contributed by atoms with Gasteiger partial charge in [0.25, 0.3) is 0 Å². The lowest BCUT2D eigenvalue weighted by Gasteiger charge is -2.57. The summed E-state index contributed by atoms with van der Waals surface area (Å²) in [5, 5.41) is 0. The van der Waals surface area contributed by atoms with Gasteiger partial charge in [0.2, 0.25) is 0 Å². The number of hydrogen-bond acceptors (Lipinski definition) is 2. The molecule has 0 amide bonds. The minimum Gasteiger partial charge on any atom is -0.299 e. The van der Waals surface area contributed by atoms with E-state index in [9.17, 15) is 4.79 Å². The molecule has 0 spiro atoms. The molecule has 2 fully saturated rings. The van der Waals surface area contributed by atoms with Crippen molar-refractivity contribution in [3.63, 3.8) is 0 Å².